The molecule has 1 aromatic rings. The fourth-order valence-corrected chi connectivity index (χ4v) is 3.19. The second-order valence-electron chi connectivity index (χ2n) is 7.38. The number of aromatic nitrogens is 3. The number of hydrogen-bond acceptors (Lipinski definition) is 3. The zero-order valence-corrected chi connectivity index (χ0v) is 13.5. The summed E-state index contributed by atoms with van der Waals surface area (Å²) in [5, 5.41) is 12.0. The number of aryl methyl sites for hydroxylation is 1. The van der Waals surface area contributed by atoms with Gasteiger partial charge in [-0.1, -0.05) is 24.5 Å². The quantitative estimate of drug-likeness (QED) is 0.861. The molecule has 1 fully saturated rings. The van der Waals surface area contributed by atoms with Gasteiger partial charge in [0.2, 0.25) is 0 Å². The zero-order chi connectivity index (χ0) is 14.6. The molecular weight excluding hydrogens is 248 g/mol. The highest BCUT2D eigenvalue weighted by atomic mass is 15.4. The van der Waals surface area contributed by atoms with Crippen molar-refractivity contribution in [3.63, 3.8) is 0 Å². The second-order valence-corrected chi connectivity index (χ2v) is 7.38. The molecule has 1 aliphatic carbocycles. The van der Waals surface area contributed by atoms with Crippen molar-refractivity contribution in [1.82, 2.24) is 20.3 Å². The molecule has 0 radical (unpaired) electrons. The summed E-state index contributed by atoms with van der Waals surface area (Å²) >= 11 is 0. The highest BCUT2D eigenvalue weighted by molar-refractivity contribution is 4.96. The lowest BCUT2D eigenvalue weighted by Crippen LogP contribution is -2.41. The summed E-state index contributed by atoms with van der Waals surface area (Å²) in [5.41, 5.74) is 1.36. The Morgan fingerprint density at radius 2 is 1.90 bits per heavy atom. The van der Waals surface area contributed by atoms with Crippen LogP contribution in [0.2, 0.25) is 0 Å². The minimum absolute atomic E-state index is 0.212. The van der Waals surface area contributed by atoms with Crippen molar-refractivity contribution in [2.45, 2.75) is 64.8 Å². The molecule has 0 saturated heterocycles. The number of hydrogen-bond donors (Lipinski definition) is 1. The molecule has 1 N–H and O–H groups in total. The van der Waals surface area contributed by atoms with Gasteiger partial charge in [-0.05, 0) is 58.4 Å². The molecule has 1 aromatic heterocycles. The van der Waals surface area contributed by atoms with Crippen molar-refractivity contribution in [3.8, 4) is 0 Å². The molecule has 20 heavy (non-hydrogen) atoms. The fourth-order valence-electron chi connectivity index (χ4n) is 3.19. The lowest BCUT2D eigenvalue weighted by atomic mass is 9.84. The normalized spacial score (nSPS) is 24.6. The Balaban J connectivity index is 1.97. The van der Waals surface area contributed by atoms with Crippen molar-refractivity contribution < 1.29 is 0 Å². The van der Waals surface area contributed by atoms with Crippen LogP contribution < -0.4 is 5.32 Å². The van der Waals surface area contributed by atoms with Crippen LogP contribution in [0.5, 0.6) is 0 Å². The van der Waals surface area contributed by atoms with Gasteiger partial charge in [0, 0.05) is 18.8 Å². The molecule has 0 bridgehead atoms. The molecule has 1 aliphatic rings. The van der Waals surface area contributed by atoms with E-state index in [1.54, 1.807) is 0 Å². The molecule has 0 amide bonds. The van der Waals surface area contributed by atoms with E-state index in [1.807, 2.05) is 11.7 Å². The summed E-state index contributed by atoms with van der Waals surface area (Å²) in [6.07, 6.45) is 10.00. The van der Waals surface area contributed by atoms with Crippen LogP contribution in [0.25, 0.3) is 0 Å². The standard InChI is InChI=1S/C16H30N4/c1-16(2,3)17-11-14-9-7-5-6-8-13(14)10-15-12-20(4)19-18-15/h12-14,17H,5-11H2,1-4H3. The van der Waals surface area contributed by atoms with Gasteiger partial charge in [-0.15, -0.1) is 5.10 Å². The average molecular weight is 278 g/mol. The zero-order valence-electron chi connectivity index (χ0n) is 13.5. The van der Waals surface area contributed by atoms with Crippen LogP contribution in [-0.4, -0.2) is 27.1 Å². The van der Waals surface area contributed by atoms with Crippen LogP contribution >= 0.6 is 0 Å². The van der Waals surface area contributed by atoms with Gasteiger partial charge in [0.1, 0.15) is 0 Å². The van der Waals surface area contributed by atoms with Gasteiger partial charge in [0.05, 0.1) is 5.69 Å². The summed E-state index contributed by atoms with van der Waals surface area (Å²) in [6, 6.07) is 0. The smallest absolute Gasteiger partial charge is 0.0829 e. The van der Waals surface area contributed by atoms with Crippen molar-refractivity contribution in [2.75, 3.05) is 6.54 Å². The topological polar surface area (TPSA) is 42.7 Å². The van der Waals surface area contributed by atoms with Gasteiger partial charge < -0.3 is 5.32 Å². The first kappa shape index (κ1) is 15.5. The lowest BCUT2D eigenvalue weighted by Gasteiger charge is -2.29. The third-order valence-electron chi connectivity index (χ3n) is 4.33. The number of nitrogens with one attached hydrogen (secondary N) is 1. The first-order valence-corrected chi connectivity index (χ1v) is 8.04. The van der Waals surface area contributed by atoms with E-state index in [-0.39, 0.29) is 5.54 Å². The molecule has 2 rings (SSSR count). The minimum Gasteiger partial charge on any atom is -0.312 e. The van der Waals surface area contributed by atoms with E-state index in [2.05, 4.69) is 42.6 Å². The summed E-state index contributed by atoms with van der Waals surface area (Å²) in [4.78, 5) is 0. The van der Waals surface area contributed by atoms with Crippen molar-refractivity contribution in [1.29, 1.82) is 0 Å². The van der Waals surface area contributed by atoms with Gasteiger partial charge in [-0.3, -0.25) is 4.68 Å². The molecule has 0 spiro atoms. The second kappa shape index (κ2) is 6.70. The van der Waals surface area contributed by atoms with Crippen LogP contribution in [0, 0.1) is 11.8 Å². The predicted molar refractivity (Wildman–Crippen MR) is 82.5 cm³/mol. The summed E-state index contributed by atoms with van der Waals surface area (Å²) < 4.78 is 1.81. The van der Waals surface area contributed by atoms with Crippen molar-refractivity contribution in [3.05, 3.63) is 11.9 Å². The SMILES string of the molecule is Cn1cc(CC2CCCCCC2CNC(C)(C)C)nn1. The van der Waals surface area contributed by atoms with E-state index in [4.69, 9.17) is 0 Å². The molecule has 1 saturated carbocycles. The summed E-state index contributed by atoms with van der Waals surface area (Å²) in [6.45, 7) is 7.89. The Labute approximate surface area is 123 Å². The Bertz CT molecular complexity index is 405. The van der Waals surface area contributed by atoms with Gasteiger partial charge in [0.15, 0.2) is 0 Å². The Kier molecular flexibility index (Phi) is 5.19. The van der Waals surface area contributed by atoms with Gasteiger partial charge in [0.25, 0.3) is 0 Å². The number of rotatable bonds is 4. The molecule has 4 nitrogen and oxygen atoms in total. The van der Waals surface area contributed by atoms with Crippen molar-refractivity contribution >= 4 is 0 Å². The maximum Gasteiger partial charge on any atom is 0.0829 e. The molecule has 4 heteroatoms. The molecule has 0 aliphatic heterocycles. The molecule has 2 atom stereocenters. The van der Waals surface area contributed by atoms with Gasteiger partial charge in [-0.2, -0.15) is 0 Å². The fraction of sp³-hybridized carbons (Fsp3) is 0.875. The maximum absolute atomic E-state index is 4.28. The Morgan fingerprint density at radius 1 is 1.20 bits per heavy atom. The maximum atomic E-state index is 4.28. The van der Waals surface area contributed by atoms with Crippen LogP contribution in [0.4, 0.5) is 0 Å². The van der Waals surface area contributed by atoms with Gasteiger partial charge in [-0.25, -0.2) is 0 Å². The molecule has 2 unspecified atom stereocenters. The van der Waals surface area contributed by atoms with E-state index >= 15 is 0 Å². The van der Waals surface area contributed by atoms with Crippen molar-refractivity contribution in [2.24, 2.45) is 18.9 Å². The Hall–Kier alpha value is -0.900. The third kappa shape index (κ3) is 4.89. The number of nitrogens with zero attached hydrogens (tertiary/aromatic N) is 3. The highest BCUT2D eigenvalue weighted by Gasteiger charge is 2.25. The first-order chi connectivity index (χ1) is 9.44. The monoisotopic (exact) mass is 278 g/mol. The van der Waals surface area contributed by atoms with E-state index in [0.717, 1.165) is 30.5 Å². The van der Waals surface area contributed by atoms with Crippen LogP contribution in [-0.2, 0) is 13.5 Å². The molecule has 0 aromatic carbocycles. The molecule has 1 heterocycles. The third-order valence-corrected chi connectivity index (χ3v) is 4.33. The van der Waals surface area contributed by atoms with Crippen LogP contribution in [0.3, 0.4) is 0 Å². The van der Waals surface area contributed by atoms with E-state index < -0.39 is 0 Å². The average Bonchev–Trinajstić information content (AvgIpc) is 2.63. The van der Waals surface area contributed by atoms with Gasteiger partial charge >= 0.3 is 0 Å². The summed E-state index contributed by atoms with van der Waals surface area (Å²) in [5.74, 6) is 1.53. The van der Waals surface area contributed by atoms with Crippen LogP contribution in [0.1, 0.15) is 58.6 Å². The molecular formula is C16H30N4. The van der Waals surface area contributed by atoms with E-state index in [0.29, 0.717) is 0 Å². The first-order valence-electron chi connectivity index (χ1n) is 8.04. The van der Waals surface area contributed by atoms with E-state index in [1.165, 1.54) is 32.1 Å². The van der Waals surface area contributed by atoms with Crippen LogP contribution in [0.15, 0.2) is 6.20 Å². The minimum atomic E-state index is 0.212. The predicted octanol–water partition coefficient (Wildman–Crippen LogP) is 2.94. The largest absolute Gasteiger partial charge is 0.312 e. The summed E-state index contributed by atoms with van der Waals surface area (Å²) in [7, 11) is 1.95. The van der Waals surface area contributed by atoms with E-state index in [9.17, 15) is 0 Å². The highest BCUT2D eigenvalue weighted by Crippen LogP contribution is 2.31. The molecule has 114 valence electrons. The Morgan fingerprint density at radius 3 is 2.50 bits per heavy atom. The lowest BCUT2D eigenvalue weighted by molar-refractivity contribution is 0.268.